The van der Waals surface area contributed by atoms with Crippen LogP contribution in [-0.2, 0) is 0 Å². The fourth-order valence-electron chi connectivity index (χ4n) is 3.70. The van der Waals surface area contributed by atoms with Crippen molar-refractivity contribution in [2.24, 2.45) is 0 Å². The largest absolute Gasteiger partial charge is 0.497 e. The fourth-order valence-corrected chi connectivity index (χ4v) is 4.15. The number of thiocarbonyl (C=S) groups is 1. The third-order valence-corrected chi connectivity index (χ3v) is 5.64. The van der Waals surface area contributed by atoms with Gasteiger partial charge in [-0.3, -0.25) is 4.98 Å². The predicted octanol–water partition coefficient (Wildman–Crippen LogP) is 4.85. The molecule has 1 aliphatic rings. The minimum atomic E-state index is 0.347. The number of pyridine rings is 1. The molecule has 7 heteroatoms. The minimum Gasteiger partial charge on any atom is -0.497 e. The number of methoxy groups -OCH3 is 1. The number of rotatable bonds is 4. The molecule has 1 aliphatic heterocycles. The molecule has 0 unspecified atom stereocenters. The van der Waals surface area contributed by atoms with Crippen LogP contribution in [0.4, 0.5) is 11.4 Å². The average Bonchev–Trinajstić information content (AvgIpc) is 2.73. The quantitative estimate of drug-likeness (QED) is 0.581. The second kappa shape index (κ2) is 8.84. The lowest BCUT2D eigenvalue weighted by atomic mass is 10.0. The number of nitrogens with one attached hydrogen (secondary N) is 2. The van der Waals surface area contributed by atoms with E-state index < -0.39 is 0 Å². The number of hydrogen-bond acceptors (Lipinski definition) is 4. The van der Waals surface area contributed by atoms with Crippen molar-refractivity contribution in [3.63, 3.8) is 0 Å². The smallest absolute Gasteiger partial charge is 0.170 e. The summed E-state index contributed by atoms with van der Waals surface area (Å²) in [4.78, 5) is 6.86. The molecule has 0 aliphatic carbocycles. The maximum atomic E-state index is 6.11. The zero-order valence-corrected chi connectivity index (χ0v) is 17.8. The Morgan fingerprint density at radius 1 is 1.17 bits per heavy atom. The zero-order valence-electron chi connectivity index (χ0n) is 16.2. The van der Waals surface area contributed by atoms with Gasteiger partial charge in [0.2, 0.25) is 0 Å². The van der Waals surface area contributed by atoms with E-state index in [2.05, 4.69) is 32.7 Å². The summed E-state index contributed by atoms with van der Waals surface area (Å²) in [6.45, 7) is 1.92. The number of aromatic nitrogens is 1. The fraction of sp³-hybridized carbons (Fsp3) is 0.273. The number of hydrogen-bond donors (Lipinski definition) is 2. The number of benzene rings is 2. The van der Waals surface area contributed by atoms with Crippen molar-refractivity contribution >= 4 is 51.2 Å². The molecular formula is C22H23ClN4OS. The highest BCUT2D eigenvalue weighted by Gasteiger charge is 2.21. The van der Waals surface area contributed by atoms with Crippen molar-refractivity contribution in [1.82, 2.24) is 10.3 Å². The van der Waals surface area contributed by atoms with Crippen LogP contribution in [0, 0.1) is 0 Å². The number of fused-ring (bicyclic) bond motifs is 1. The monoisotopic (exact) mass is 426 g/mol. The van der Waals surface area contributed by atoms with E-state index in [1.807, 2.05) is 42.6 Å². The molecule has 2 N–H and O–H groups in total. The lowest BCUT2D eigenvalue weighted by molar-refractivity contribution is 0.415. The number of anilines is 2. The first-order valence-electron chi connectivity index (χ1n) is 9.63. The first-order valence-corrected chi connectivity index (χ1v) is 10.4. The normalized spacial score (nSPS) is 14.6. The molecule has 2 heterocycles. The minimum absolute atomic E-state index is 0.347. The molecule has 0 radical (unpaired) electrons. The van der Waals surface area contributed by atoms with E-state index in [4.69, 9.17) is 28.6 Å². The summed E-state index contributed by atoms with van der Waals surface area (Å²) in [6, 6.07) is 16.1. The van der Waals surface area contributed by atoms with Gasteiger partial charge in [-0.2, -0.15) is 0 Å². The lowest BCUT2D eigenvalue weighted by Gasteiger charge is -2.35. The summed E-state index contributed by atoms with van der Waals surface area (Å²) in [5.41, 5.74) is 3.06. The van der Waals surface area contributed by atoms with Crippen molar-refractivity contribution in [3.8, 4) is 5.75 Å². The highest BCUT2D eigenvalue weighted by Crippen LogP contribution is 2.29. The molecule has 0 amide bonds. The molecule has 1 fully saturated rings. The number of nitrogens with zero attached hydrogens (tertiary/aromatic N) is 2. The molecule has 4 rings (SSSR count). The molecule has 0 atom stereocenters. The molecule has 5 nitrogen and oxygen atoms in total. The maximum absolute atomic E-state index is 6.11. The molecular weight excluding hydrogens is 404 g/mol. The molecule has 1 saturated heterocycles. The Hall–Kier alpha value is -2.57. The first-order chi connectivity index (χ1) is 14.1. The molecule has 29 heavy (non-hydrogen) atoms. The molecule has 3 aromatic rings. The number of halogens is 1. The SMILES string of the molecule is COc1cccc(NC(=S)NC2CCN(c3ccnc4cc(Cl)ccc34)CC2)c1. The van der Waals surface area contributed by atoms with Gasteiger partial charge in [0, 0.05) is 53.2 Å². The highest BCUT2D eigenvalue weighted by atomic mass is 35.5. The Morgan fingerprint density at radius 3 is 2.79 bits per heavy atom. The Balaban J connectivity index is 1.35. The molecule has 2 aromatic carbocycles. The second-order valence-electron chi connectivity index (χ2n) is 7.08. The van der Waals surface area contributed by atoms with Crippen LogP contribution in [-0.4, -0.2) is 36.3 Å². The molecule has 0 spiro atoms. The number of piperidine rings is 1. The van der Waals surface area contributed by atoms with E-state index in [1.165, 1.54) is 5.69 Å². The summed E-state index contributed by atoms with van der Waals surface area (Å²) < 4.78 is 5.26. The van der Waals surface area contributed by atoms with Gasteiger partial charge in [-0.05, 0) is 61.5 Å². The zero-order chi connectivity index (χ0) is 20.2. The molecule has 0 bridgehead atoms. The summed E-state index contributed by atoms with van der Waals surface area (Å²) in [6.07, 6.45) is 3.88. The van der Waals surface area contributed by atoms with Gasteiger partial charge in [0.25, 0.3) is 0 Å². The van der Waals surface area contributed by atoms with Crippen LogP contribution < -0.4 is 20.3 Å². The van der Waals surface area contributed by atoms with Crippen LogP contribution >= 0.6 is 23.8 Å². The van der Waals surface area contributed by atoms with Crippen molar-refractivity contribution in [2.75, 3.05) is 30.4 Å². The van der Waals surface area contributed by atoms with Crippen LogP contribution in [0.3, 0.4) is 0 Å². The topological polar surface area (TPSA) is 49.4 Å². The molecule has 0 saturated carbocycles. The van der Waals surface area contributed by atoms with Crippen molar-refractivity contribution < 1.29 is 4.74 Å². The van der Waals surface area contributed by atoms with Gasteiger partial charge in [-0.1, -0.05) is 17.7 Å². The summed E-state index contributed by atoms with van der Waals surface area (Å²) in [7, 11) is 1.66. The van der Waals surface area contributed by atoms with Gasteiger partial charge >= 0.3 is 0 Å². The summed E-state index contributed by atoms with van der Waals surface area (Å²) >= 11 is 11.6. The van der Waals surface area contributed by atoms with E-state index in [0.717, 1.165) is 48.3 Å². The van der Waals surface area contributed by atoms with Gasteiger partial charge in [0.05, 0.1) is 12.6 Å². The maximum Gasteiger partial charge on any atom is 0.170 e. The van der Waals surface area contributed by atoms with Crippen molar-refractivity contribution in [1.29, 1.82) is 0 Å². The van der Waals surface area contributed by atoms with Crippen LogP contribution in [0.1, 0.15) is 12.8 Å². The van der Waals surface area contributed by atoms with E-state index in [-0.39, 0.29) is 0 Å². The van der Waals surface area contributed by atoms with E-state index in [1.54, 1.807) is 7.11 Å². The van der Waals surface area contributed by atoms with Gasteiger partial charge in [0.15, 0.2) is 5.11 Å². The predicted molar refractivity (Wildman–Crippen MR) is 124 cm³/mol. The molecule has 150 valence electrons. The van der Waals surface area contributed by atoms with E-state index in [9.17, 15) is 0 Å². The first kappa shape index (κ1) is 19.7. The van der Waals surface area contributed by atoms with Gasteiger partial charge < -0.3 is 20.3 Å². The van der Waals surface area contributed by atoms with Crippen LogP contribution in [0.25, 0.3) is 10.9 Å². The standard InChI is InChI=1S/C22H23ClN4OS/c1-28-18-4-2-3-17(14-18)26-22(29)25-16-8-11-27(12-9-16)21-7-10-24-20-13-15(23)5-6-19(20)21/h2-7,10,13-14,16H,8-9,11-12H2,1H3,(H2,25,26,29). The van der Waals surface area contributed by atoms with Crippen molar-refractivity contribution in [2.45, 2.75) is 18.9 Å². The second-order valence-corrected chi connectivity index (χ2v) is 7.93. The van der Waals surface area contributed by atoms with Gasteiger partial charge in [0.1, 0.15) is 5.75 Å². The van der Waals surface area contributed by atoms with Crippen LogP contribution in [0.15, 0.2) is 54.7 Å². The van der Waals surface area contributed by atoms with Crippen molar-refractivity contribution in [3.05, 3.63) is 59.8 Å². The van der Waals surface area contributed by atoms with Crippen LogP contribution in [0.5, 0.6) is 5.75 Å². The van der Waals surface area contributed by atoms with E-state index in [0.29, 0.717) is 16.2 Å². The Labute approximate surface area is 181 Å². The Kier molecular flexibility index (Phi) is 6.02. The third-order valence-electron chi connectivity index (χ3n) is 5.18. The van der Waals surface area contributed by atoms with Gasteiger partial charge in [-0.25, -0.2) is 0 Å². The average molecular weight is 427 g/mol. The van der Waals surface area contributed by atoms with Gasteiger partial charge in [-0.15, -0.1) is 0 Å². The summed E-state index contributed by atoms with van der Waals surface area (Å²) in [5.74, 6) is 0.803. The summed E-state index contributed by atoms with van der Waals surface area (Å²) in [5, 5.41) is 9.17. The lowest BCUT2D eigenvalue weighted by Crippen LogP contribution is -2.46. The Morgan fingerprint density at radius 2 is 2.00 bits per heavy atom. The van der Waals surface area contributed by atoms with Crippen LogP contribution in [0.2, 0.25) is 5.02 Å². The third kappa shape index (κ3) is 4.71. The number of ether oxygens (including phenoxy) is 1. The highest BCUT2D eigenvalue weighted by molar-refractivity contribution is 7.80. The molecule has 1 aromatic heterocycles. The van der Waals surface area contributed by atoms with E-state index >= 15 is 0 Å². The Bertz CT molecular complexity index is 1020.